The van der Waals surface area contributed by atoms with E-state index in [9.17, 15) is 5.11 Å². The first kappa shape index (κ1) is 17.0. The summed E-state index contributed by atoms with van der Waals surface area (Å²) in [6.07, 6.45) is 0.687. The number of phenolic OH excluding ortho intramolecular Hbond substituents is 1. The lowest BCUT2D eigenvalue weighted by Crippen LogP contribution is -2.03. The van der Waals surface area contributed by atoms with Crippen LogP contribution in [-0.4, -0.2) is 25.9 Å². The molecule has 0 atom stereocenters. The molecule has 0 unspecified atom stereocenters. The Morgan fingerprint density at radius 1 is 0.913 bits per heavy atom. The van der Waals surface area contributed by atoms with Gasteiger partial charge in [0.15, 0.2) is 23.0 Å². The number of ether oxygens (including phenoxy) is 3. The number of aromatic hydroxyl groups is 1. The van der Waals surface area contributed by atoms with Gasteiger partial charge in [-0.25, -0.2) is 0 Å². The van der Waals surface area contributed by atoms with E-state index in [0.717, 1.165) is 17.1 Å². The van der Waals surface area contributed by atoms with Crippen molar-refractivity contribution in [3.8, 4) is 23.0 Å². The predicted octanol–water partition coefficient (Wildman–Crippen LogP) is 4.15. The minimum absolute atomic E-state index is 0.142. The van der Waals surface area contributed by atoms with Crippen LogP contribution < -0.4 is 14.2 Å². The van der Waals surface area contributed by atoms with Crippen LogP contribution >= 0.6 is 0 Å². The second-order valence-corrected chi connectivity index (χ2v) is 5.67. The van der Waals surface area contributed by atoms with Gasteiger partial charge in [-0.2, -0.15) is 0 Å². The molecule has 2 aromatic rings. The number of methoxy groups -OCH3 is 2. The molecule has 0 aromatic heterocycles. The molecule has 124 valence electrons. The summed E-state index contributed by atoms with van der Waals surface area (Å²) < 4.78 is 16.3. The van der Waals surface area contributed by atoms with Gasteiger partial charge in [0.1, 0.15) is 0 Å². The summed E-state index contributed by atoms with van der Waals surface area (Å²) in [5.74, 6) is 2.54. The zero-order chi connectivity index (χ0) is 16.8. The Bertz CT molecular complexity index is 650. The molecule has 4 nitrogen and oxygen atoms in total. The van der Waals surface area contributed by atoms with E-state index in [0.29, 0.717) is 24.7 Å². The standard InChI is InChI=1S/C19H24O4/c1-13(2)15-6-8-18(19(12-15)22-4)23-10-9-14-5-7-17(21-3)16(20)11-14/h5-8,11-13,20H,9-10H2,1-4H3. The van der Waals surface area contributed by atoms with Crippen molar-refractivity contribution in [2.75, 3.05) is 20.8 Å². The van der Waals surface area contributed by atoms with Gasteiger partial charge in [-0.05, 0) is 41.3 Å². The maximum absolute atomic E-state index is 9.79. The topological polar surface area (TPSA) is 47.9 Å². The first-order valence-corrected chi connectivity index (χ1v) is 7.71. The number of rotatable bonds is 7. The van der Waals surface area contributed by atoms with Gasteiger partial charge in [-0.1, -0.05) is 26.0 Å². The third-order valence-electron chi connectivity index (χ3n) is 3.75. The van der Waals surface area contributed by atoms with E-state index in [2.05, 4.69) is 19.9 Å². The predicted molar refractivity (Wildman–Crippen MR) is 90.9 cm³/mol. The van der Waals surface area contributed by atoms with Crippen LogP contribution in [0.3, 0.4) is 0 Å². The van der Waals surface area contributed by atoms with E-state index in [4.69, 9.17) is 14.2 Å². The van der Waals surface area contributed by atoms with Crippen molar-refractivity contribution in [3.05, 3.63) is 47.5 Å². The summed E-state index contributed by atoms with van der Waals surface area (Å²) >= 11 is 0. The quantitative estimate of drug-likeness (QED) is 0.833. The Kier molecular flexibility index (Phi) is 5.74. The van der Waals surface area contributed by atoms with Gasteiger partial charge in [0.25, 0.3) is 0 Å². The molecule has 23 heavy (non-hydrogen) atoms. The van der Waals surface area contributed by atoms with E-state index in [-0.39, 0.29) is 5.75 Å². The molecular weight excluding hydrogens is 292 g/mol. The van der Waals surface area contributed by atoms with E-state index >= 15 is 0 Å². The fourth-order valence-corrected chi connectivity index (χ4v) is 2.33. The number of phenols is 1. The van der Waals surface area contributed by atoms with Gasteiger partial charge in [0, 0.05) is 6.42 Å². The van der Waals surface area contributed by atoms with Gasteiger partial charge < -0.3 is 19.3 Å². The molecule has 2 rings (SSSR count). The van der Waals surface area contributed by atoms with Crippen molar-refractivity contribution < 1.29 is 19.3 Å². The summed E-state index contributed by atoms with van der Waals surface area (Å²) in [5.41, 5.74) is 2.20. The second kappa shape index (κ2) is 7.77. The molecule has 4 heteroatoms. The highest BCUT2D eigenvalue weighted by molar-refractivity contribution is 5.44. The van der Waals surface area contributed by atoms with Gasteiger partial charge in [-0.3, -0.25) is 0 Å². The zero-order valence-corrected chi connectivity index (χ0v) is 14.1. The summed E-state index contributed by atoms with van der Waals surface area (Å²) in [4.78, 5) is 0. The first-order valence-electron chi connectivity index (χ1n) is 7.71. The summed E-state index contributed by atoms with van der Waals surface area (Å²) in [6, 6.07) is 11.4. The van der Waals surface area contributed by atoms with Crippen LogP contribution in [0.1, 0.15) is 30.9 Å². The number of hydrogen-bond donors (Lipinski definition) is 1. The normalized spacial score (nSPS) is 10.7. The molecule has 0 heterocycles. The molecule has 0 bridgehead atoms. The molecule has 0 fully saturated rings. The molecule has 0 aliphatic heterocycles. The Hall–Kier alpha value is -2.36. The lowest BCUT2D eigenvalue weighted by molar-refractivity contribution is 0.297. The smallest absolute Gasteiger partial charge is 0.161 e. The van der Waals surface area contributed by atoms with Crippen LogP contribution in [0.5, 0.6) is 23.0 Å². The van der Waals surface area contributed by atoms with E-state index in [1.165, 1.54) is 12.7 Å². The van der Waals surface area contributed by atoms with Gasteiger partial charge in [0.05, 0.1) is 20.8 Å². The molecule has 0 saturated carbocycles. The van der Waals surface area contributed by atoms with Crippen molar-refractivity contribution in [2.24, 2.45) is 0 Å². The van der Waals surface area contributed by atoms with Crippen LogP contribution in [0, 0.1) is 0 Å². The number of hydrogen-bond acceptors (Lipinski definition) is 4. The Balaban J connectivity index is 1.99. The molecule has 0 amide bonds. The number of benzene rings is 2. The molecule has 0 spiro atoms. The van der Waals surface area contributed by atoms with E-state index in [1.807, 2.05) is 18.2 Å². The monoisotopic (exact) mass is 316 g/mol. The molecular formula is C19H24O4. The maximum atomic E-state index is 9.79. The highest BCUT2D eigenvalue weighted by Gasteiger charge is 2.08. The van der Waals surface area contributed by atoms with Crippen molar-refractivity contribution in [1.82, 2.24) is 0 Å². The summed E-state index contributed by atoms with van der Waals surface area (Å²) in [6.45, 7) is 4.79. The second-order valence-electron chi connectivity index (χ2n) is 5.67. The lowest BCUT2D eigenvalue weighted by Gasteiger charge is -2.14. The maximum Gasteiger partial charge on any atom is 0.161 e. The van der Waals surface area contributed by atoms with E-state index in [1.54, 1.807) is 19.2 Å². The summed E-state index contributed by atoms with van der Waals surface area (Å²) in [5, 5.41) is 9.79. The van der Waals surface area contributed by atoms with Crippen molar-refractivity contribution in [3.63, 3.8) is 0 Å². The minimum Gasteiger partial charge on any atom is -0.504 e. The molecule has 0 aliphatic carbocycles. The van der Waals surface area contributed by atoms with Crippen molar-refractivity contribution in [1.29, 1.82) is 0 Å². The van der Waals surface area contributed by atoms with Gasteiger partial charge >= 0.3 is 0 Å². The van der Waals surface area contributed by atoms with Crippen LogP contribution in [-0.2, 0) is 6.42 Å². The van der Waals surface area contributed by atoms with Crippen LogP contribution in [0.15, 0.2) is 36.4 Å². The minimum atomic E-state index is 0.142. The first-order chi connectivity index (χ1) is 11.0. The Morgan fingerprint density at radius 3 is 2.22 bits per heavy atom. The van der Waals surface area contributed by atoms with Crippen molar-refractivity contribution >= 4 is 0 Å². The molecule has 1 N–H and O–H groups in total. The molecule has 0 radical (unpaired) electrons. The van der Waals surface area contributed by atoms with Crippen LogP contribution in [0.2, 0.25) is 0 Å². The highest BCUT2D eigenvalue weighted by Crippen LogP contribution is 2.31. The molecule has 2 aromatic carbocycles. The van der Waals surface area contributed by atoms with Gasteiger partial charge in [0.2, 0.25) is 0 Å². The fourth-order valence-electron chi connectivity index (χ4n) is 2.33. The van der Waals surface area contributed by atoms with Gasteiger partial charge in [-0.15, -0.1) is 0 Å². The summed E-state index contributed by atoms with van der Waals surface area (Å²) in [7, 11) is 3.18. The highest BCUT2D eigenvalue weighted by atomic mass is 16.5. The zero-order valence-electron chi connectivity index (χ0n) is 14.1. The third kappa shape index (κ3) is 4.31. The largest absolute Gasteiger partial charge is 0.504 e. The Morgan fingerprint density at radius 2 is 1.61 bits per heavy atom. The van der Waals surface area contributed by atoms with E-state index < -0.39 is 0 Å². The van der Waals surface area contributed by atoms with Crippen LogP contribution in [0.25, 0.3) is 0 Å². The Labute approximate surface area is 137 Å². The average Bonchev–Trinajstić information content (AvgIpc) is 2.55. The lowest BCUT2D eigenvalue weighted by atomic mass is 10.0. The third-order valence-corrected chi connectivity index (χ3v) is 3.75. The molecule has 0 saturated heterocycles. The van der Waals surface area contributed by atoms with Crippen LogP contribution in [0.4, 0.5) is 0 Å². The average molecular weight is 316 g/mol. The fraction of sp³-hybridized carbons (Fsp3) is 0.368. The molecule has 0 aliphatic rings. The SMILES string of the molecule is COc1ccc(CCOc2ccc(C(C)C)cc2OC)cc1O. The van der Waals surface area contributed by atoms with Crippen molar-refractivity contribution in [2.45, 2.75) is 26.2 Å².